The molecule has 1 fully saturated rings. The highest BCUT2D eigenvalue weighted by Crippen LogP contribution is 2.31. The van der Waals surface area contributed by atoms with Crippen molar-refractivity contribution in [2.75, 3.05) is 5.32 Å². The van der Waals surface area contributed by atoms with Gasteiger partial charge in [0.25, 0.3) is 0 Å². The minimum absolute atomic E-state index is 0.492. The molecule has 1 aliphatic carbocycles. The van der Waals surface area contributed by atoms with Gasteiger partial charge in [-0.1, -0.05) is 49.6 Å². The number of benzene rings is 1. The topological polar surface area (TPSA) is 37.8 Å². The fourth-order valence-electron chi connectivity index (χ4n) is 2.71. The smallest absolute Gasteiger partial charge is 0.159 e. The fraction of sp³-hybridized carbons (Fsp3) is 0.412. The van der Waals surface area contributed by atoms with Crippen LogP contribution in [0.15, 0.2) is 42.7 Å². The summed E-state index contributed by atoms with van der Waals surface area (Å²) in [6.07, 6.45) is 9.22. The molecule has 0 spiro atoms. The Hall–Kier alpha value is -1.90. The summed E-state index contributed by atoms with van der Waals surface area (Å²) in [7, 11) is 0. The molecule has 104 valence electrons. The van der Waals surface area contributed by atoms with Crippen molar-refractivity contribution in [3.05, 3.63) is 42.7 Å². The first kappa shape index (κ1) is 13.1. The van der Waals surface area contributed by atoms with E-state index in [1.807, 2.05) is 42.7 Å². The van der Waals surface area contributed by atoms with E-state index in [-0.39, 0.29) is 0 Å². The lowest BCUT2D eigenvalue weighted by Crippen LogP contribution is -2.23. The average molecular weight is 267 g/mol. The van der Waals surface area contributed by atoms with E-state index in [1.165, 1.54) is 25.7 Å². The normalized spacial score (nSPS) is 16.4. The van der Waals surface area contributed by atoms with Gasteiger partial charge in [-0.05, 0) is 19.3 Å². The van der Waals surface area contributed by atoms with E-state index in [0.29, 0.717) is 6.04 Å². The van der Waals surface area contributed by atoms with Crippen LogP contribution in [0.5, 0.6) is 0 Å². The summed E-state index contributed by atoms with van der Waals surface area (Å²) in [5.74, 6) is 1.70. The van der Waals surface area contributed by atoms with E-state index in [1.54, 1.807) is 0 Å². The molecule has 3 nitrogen and oxygen atoms in total. The Morgan fingerprint density at radius 1 is 1.15 bits per heavy atom. The quantitative estimate of drug-likeness (QED) is 0.885. The largest absolute Gasteiger partial charge is 0.380 e. The predicted octanol–water partition coefficient (Wildman–Crippen LogP) is 4.13. The second-order valence-corrected chi connectivity index (χ2v) is 5.74. The van der Waals surface area contributed by atoms with Gasteiger partial charge in [-0.2, -0.15) is 0 Å². The molecular formula is C17H21N3. The van der Waals surface area contributed by atoms with Gasteiger partial charge >= 0.3 is 0 Å². The molecule has 0 bridgehead atoms. The van der Waals surface area contributed by atoms with Crippen LogP contribution in [0, 0.1) is 5.92 Å². The Labute approximate surface area is 120 Å². The fourth-order valence-corrected chi connectivity index (χ4v) is 2.71. The Morgan fingerprint density at radius 3 is 2.45 bits per heavy atom. The zero-order chi connectivity index (χ0) is 13.8. The maximum Gasteiger partial charge on any atom is 0.159 e. The summed E-state index contributed by atoms with van der Waals surface area (Å²) in [5, 5.41) is 3.49. The van der Waals surface area contributed by atoms with Crippen LogP contribution < -0.4 is 5.32 Å². The molecule has 0 aliphatic heterocycles. The molecule has 1 atom stereocenters. The molecular weight excluding hydrogens is 246 g/mol. The van der Waals surface area contributed by atoms with E-state index in [9.17, 15) is 0 Å². The van der Waals surface area contributed by atoms with Gasteiger partial charge in [0.05, 0.1) is 18.1 Å². The maximum absolute atomic E-state index is 4.44. The number of anilines is 1. The van der Waals surface area contributed by atoms with Crippen molar-refractivity contribution in [2.24, 2.45) is 5.92 Å². The van der Waals surface area contributed by atoms with Gasteiger partial charge in [-0.3, -0.25) is 0 Å². The second-order valence-electron chi connectivity index (χ2n) is 5.74. The number of aromatic nitrogens is 2. The molecule has 1 saturated carbocycles. The molecule has 0 radical (unpaired) electrons. The Bertz CT molecular complexity index is 532. The number of hydrogen-bond donors (Lipinski definition) is 1. The zero-order valence-electron chi connectivity index (χ0n) is 11.9. The lowest BCUT2D eigenvalue weighted by atomic mass is 9.81. The van der Waals surface area contributed by atoms with Crippen LogP contribution in [0.3, 0.4) is 0 Å². The van der Waals surface area contributed by atoms with Crippen molar-refractivity contribution >= 4 is 5.69 Å². The van der Waals surface area contributed by atoms with Crippen LogP contribution in [-0.2, 0) is 0 Å². The molecule has 1 heterocycles. The highest BCUT2D eigenvalue weighted by atomic mass is 15.0. The lowest BCUT2D eigenvalue weighted by Gasteiger charge is -2.28. The van der Waals surface area contributed by atoms with Crippen LogP contribution in [0.25, 0.3) is 11.4 Å². The molecule has 0 amide bonds. The minimum atomic E-state index is 0.492. The first-order valence-electron chi connectivity index (χ1n) is 7.45. The maximum atomic E-state index is 4.44. The summed E-state index contributed by atoms with van der Waals surface area (Å²) in [6.45, 7) is 2.24. The van der Waals surface area contributed by atoms with E-state index in [2.05, 4.69) is 22.2 Å². The Morgan fingerprint density at radius 2 is 1.85 bits per heavy atom. The molecule has 3 rings (SSSR count). The molecule has 2 aromatic rings. The monoisotopic (exact) mass is 267 g/mol. The number of hydrogen-bond acceptors (Lipinski definition) is 3. The van der Waals surface area contributed by atoms with Crippen LogP contribution in [0.2, 0.25) is 0 Å². The highest BCUT2D eigenvalue weighted by Gasteiger charge is 2.19. The molecule has 1 aromatic heterocycles. The van der Waals surface area contributed by atoms with Gasteiger partial charge < -0.3 is 5.32 Å². The molecule has 3 heteroatoms. The van der Waals surface area contributed by atoms with Gasteiger partial charge in [0.1, 0.15) is 0 Å². The average Bonchev–Trinajstić information content (AvgIpc) is 2.45. The van der Waals surface area contributed by atoms with E-state index in [0.717, 1.165) is 23.0 Å². The zero-order valence-corrected chi connectivity index (χ0v) is 11.9. The van der Waals surface area contributed by atoms with Gasteiger partial charge in [-0.25, -0.2) is 9.97 Å². The molecule has 0 saturated heterocycles. The van der Waals surface area contributed by atoms with Gasteiger partial charge in [0, 0.05) is 11.6 Å². The summed E-state index contributed by atoms with van der Waals surface area (Å²) < 4.78 is 0. The summed E-state index contributed by atoms with van der Waals surface area (Å²) in [5.41, 5.74) is 2.07. The predicted molar refractivity (Wildman–Crippen MR) is 82.5 cm³/mol. The lowest BCUT2D eigenvalue weighted by molar-refractivity contribution is 0.286. The van der Waals surface area contributed by atoms with Crippen LogP contribution in [0.4, 0.5) is 5.69 Å². The molecule has 1 aromatic carbocycles. The SMILES string of the molecule is CC(CC1CCC1)Nc1cnc(-c2ccccc2)nc1. The van der Waals surface area contributed by atoms with Crippen LogP contribution in [0.1, 0.15) is 32.6 Å². The summed E-state index contributed by atoms with van der Waals surface area (Å²) in [6, 6.07) is 10.6. The van der Waals surface area contributed by atoms with Crippen molar-refractivity contribution < 1.29 is 0 Å². The Kier molecular flexibility index (Phi) is 3.95. The summed E-state index contributed by atoms with van der Waals surface area (Å²) >= 11 is 0. The Balaban J connectivity index is 1.61. The van der Waals surface area contributed by atoms with E-state index >= 15 is 0 Å². The van der Waals surface area contributed by atoms with Crippen LogP contribution in [-0.4, -0.2) is 16.0 Å². The molecule has 1 N–H and O–H groups in total. The summed E-state index contributed by atoms with van der Waals surface area (Å²) in [4.78, 5) is 8.88. The molecule has 20 heavy (non-hydrogen) atoms. The van der Waals surface area contributed by atoms with Crippen molar-refractivity contribution in [3.8, 4) is 11.4 Å². The standard InChI is InChI=1S/C17H21N3/c1-13(10-14-6-5-7-14)20-16-11-18-17(19-12-16)15-8-3-2-4-9-15/h2-4,8-9,11-14,20H,5-7,10H2,1H3. The number of nitrogens with zero attached hydrogens (tertiary/aromatic N) is 2. The van der Waals surface area contributed by atoms with E-state index < -0.39 is 0 Å². The van der Waals surface area contributed by atoms with Gasteiger partial charge in [0.15, 0.2) is 5.82 Å². The van der Waals surface area contributed by atoms with Crippen molar-refractivity contribution in [1.82, 2.24) is 9.97 Å². The van der Waals surface area contributed by atoms with Gasteiger partial charge in [0.2, 0.25) is 0 Å². The molecule has 1 unspecified atom stereocenters. The highest BCUT2D eigenvalue weighted by molar-refractivity contribution is 5.55. The second kappa shape index (κ2) is 6.04. The van der Waals surface area contributed by atoms with Crippen molar-refractivity contribution in [2.45, 2.75) is 38.6 Å². The third-order valence-electron chi connectivity index (χ3n) is 4.01. The molecule has 1 aliphatic rings. The van der Waals surface area contributed by atoms with Crippen molar-refractivity contribution in [3.63, 3.8) is 0 Å². The van der Waals surface area contributed by atoms with Gasteiger partial charge in [-0.15, -0.1) is 0 Å². The number of rotatable bonds is 5. The van der Waals surface area contributed by atoms with Crippen LogP contribution >= 0.6 is 0 Å². The number of nitrogens with one attached hydrogen (secondary N) is 1. The third-order valence-corrected chi connectivity index (χ3v) is 4.01. The minimum Gasteiger partial charge on any atom is -0.380 e. The first-order chi connectivity index (χ1) is 9.81. The first-order valence-corrected chi connectivity index (χ1v) is 7.45. The van der Waals surface area contributed by atoms with E-state index in [4.69, 9.17) is 0 Å². The van der Waals surface area contributed by atoms with Crippen molar-refractivity contribution in [1.29, 1.82) is 0 Å². The third kappa shape index (κ3) is 3.16.